The van der Waals surface area contributed by atoms with E-state index in [-0.39, 0.29) is 12.2 Å². The summed E-state index contributed by atoms with van der Waals surface area (Å²) in [5.74, 6) is -1.05. The Morgan fingerprint density at radius 3 is 1.53 bits per heavy atom. The van der Waals surface area contributed by atoms with Crippen molar-refractivity contribution in [3.05, 3.63) is 71.8 Å². The summed E-state index contributed by atoms with van der Waals surface area (Å²) in [6.45, 7) is 17.6. The SMILES string of the molecule is CC.CC.CC(=O)CC(C(=O)O)C(C)(C)c1ccccc1.CC(C)c1ccccc1. The first kappa shape index (κ1) is 29.8. The van der Waals surface area contributed by atoms with Gasteiger partial charge in [0.25, 0.3) is 0 Å². The molecule has 0 bridgehead atoms. The molecule has 1 N–H and O–H groups in total. The zero-order chi connectivity index (χ0) is 23.7. The minimum absolute atomic E-state index is 0.0667. The van der Waals surface area contributed by atoms with Gasteiger partial charge in [-0.15, -0.1) is 0 Å². The molecule has 0 spiro atoms. The summed E-state index contributed by atoms with van der Waals surface area (Å²) in [5.41, 5.74) is 1.80. The highest BCUT2D eigenvalue weighted by Gasteiger charge is 2.37. The van der Waals surface area contributed by atoms with Crippen LogP contribution in [0.25, 0.3) is 0 Å². The third-order valence-electron chi connectivity index (χ3n) is 4.64. The van der Waals surface area contributed by atoms with Crippen molar-refractivity contribution in [1.82, 2.24) is 0 Å². The number of ketones is 1. The Morgan fingerprint density at radius 2 is 1.23 bits per heavy atom. The standard InChI is InChI=1S/C14H18O3.C9H12.2C2H6/c1-10(15)9-12(13(16)17)14(2,3)11-7-5-4-6-8-11;1-8(2)9-6-4-3-5-7-9;2*1-2/h4-8,12H,9H2,1-3H3,(H,16,17);3-8H,1-2H3;2*1-2H3. The van der Waals surface area contributed by atoms with Crippen LogP contribution in [0.1, 0.15) is 85.8 Å². The van der Waals surface area contributed by atoms with E-state index in [9.17, 15) is 14.7 Å². The zero-order valence-corrected chi connectivity index (χ0v) is 20.4. The van der Waals surface area contributed by atoms with Crippen molar-refractivity contribution in [2.75, 3.05) is 0 Å². The Labute approximate surface area is 184 Å². The van der Waals surface area contributed by atoms with E-state index in [2.05, 4.69) is 38.1 Å². The molecule has 3 nitrogen and oxygen atoms in total. The second-order valence-electron chi connectivity index (χ2n) is 7.45. The molecule has 2 rings (SSSR count). The van der Waals surface area contributed by atoms with Gasteiger partial charge in [0.05, 0.1) is 5.92 Å². The van der Waals surface area contributed by atoms with Crippen molar-refractivity contribution in [3.8, 4) is 0 Å². The van der Waals surface area contributed by atoms with Gasteiger partial charge in [-0.05, 0) is 24.0 Å². The van der Waals surface area contributed by atoms with Gasteiger partial charge in [0.2, 0.25) is 0 Å². The summed E-state index contributed by atoms with van der Waals surface area (Å²) in [7, 11) is 0. The number of carboxylic acid groups (broad SMARTS) is 1. The van der Waals surface area contributed by atoms with E-state index in [1.807, 2.05) is 77.9 Å². The van der Waals surface area contributed by atoms with Crippen molar-refractivity contribution >= 4 is 11.8 Å². The average Bonchev–Trinajstić information content (AvgIpc) is 2.76. The maximum Gasteiger partial charge on any atom is 0.307 e. The number of carbonyl (C=O) groups is 2. The number of carbonyl (C=O) groups excluding carboxylic acids is 1. The van der Waals surface area contributed by atoms with Crippen LogP contribution in [0, 0.1) is 5.92 Å². The number of Topliss-reactive ketones (excluding diaryl/α,β-unsaturated/α-hetero) is 1. The second kappa shape index (κ2) is 16.4. The number of benzene rings is 2. The normalized spacial score (nSPS) is 10.9. The molecule has 0 aliphatic rings. The Balaban J connectivity index is 0. The minimum atomic E-state index is -0.922. The summed E-state index contributed by atoms with van der Waals surface area (Å²) >= 11 is 0. The van der Waals surface area contributed by atoms with Crippen LogP contribution in [0.2, 0.25) is 0 Å². The lowest BCUT2D eigenvalue weighted by atomic mass is 9.71. The molecule has 0 heterocycles. The van der Waals surface area contributed by atoms with Gasteiger partial charge in [-0.2, -0.15) is 0 Å². The maximum atomic E-state index is 11.3. The molecular formula is C27H42O3. The van der Waals surface area contributed by atoms with E-state index in [1.165, 1.54) is 12.5 Å². The molecule has 0 radical (unpaired) electrons. The Bertz CT molecular complexity index is 689. The number of carboxylic acids is 1. The van der Waals surface area contributed by atoms with Crippen molar-refractivity contribution in [2.45, 2.75) is 80.1 Å². The molecule has 0 fully saturated rings. The fraction of sp³-hybridized carbons (Fsp3) is 0.481. The van der Waals surface area contributed by atoms with Gasteiger partial charge >= 0.3 is 5.97 Å². The maximum absolute atomic E-state index is 11.3. The molecule has 1 unspecified atom stereocenters. The highest BCUT2D eigenvalue weighted by atomic mass is 16.4. The summed E-state index contributed by atoms with van der Waals surface area (Å²) in [5, 5.41) is 9.27. The molecule has 0 amide bonds. The average molecular weight is 415 g/mol. The highest BCUT2D eigenvalue weighted by Crippen LogP contribution is 2.34. The Kier molecular flexibility index (Phi) is 16.3. The largest absolute Gasteiger partial charge is 0.481 e. The summed E-state index contributed by atoms with van der Waals surface area (Å²) in [6.07, 6.45) is 0.0667. The molecule has 0 aromatic heterocycles. The van der Waals surface area contributed by atoms with Gasteiger partial charge < -0.3 is 9.90 Å². The molecule has 2 aromatic rings. The molecule has 2 aromatic carbocycles. The van der Waals surface area contributed by atoms with Gasteiger partial charge in [-0.3, -0.25) is 4.79 Å². The quantitative estimate of drug-likeness (QED) is 0.532. The lowest BCUT2D eigenvalue weighted by Crippen LogP contribution is -2.36. The zero-order valence-electron chi connectivity index (χ0n) is 20.4. The topological polar surface area (TPSA) is 54.4 Å². The van der Waals surface area contributed by atoms with Crippen molar-refractivity contribution in [3.63, 3.8) is 0 Å². The van der Waals surface area contributed by atoms with Crippen LogP contribution in [0.15, 0.2) is 60.7 Å². The summed E-state index contributed by atoms with van der Waals surface area (Å²) < 4.78 is 0. The van der Waals surface area contributed by atoms with E-state index in [4.69, 9.17) is 0 Å². The number of aliphatic carboxylic acids is 1. The van der Waals surface area contributed by atoms with Crippen LogP contribution in [-0.2, 0) is 15.0 Å². The van der Waals surface area contributed by atoms with Crippen LogP contribution in [0.4, 0.5) is 0 Å². The van der Waals surface area contributed by atoms with Gasteiger partial charge in [0.1, 0.15) is 5.78 Å². The number of hydrogen-bond donors (Lipinski definition) is 1. The van der Waals surface area contributed by atoms with Gasteiger partial charge in [-0.1, -0.05) is 116 Å². The lowest BCUT2D eigenvalue weighted by molar-refractivity contribution is -0.146. The lowest BCUT2D eigenvalue weighted by Gasteiger charge is -2.31. The highest BCUT2D eigenvalue weighted by molar-refractivity contribution is 5.83. The van der Waals surface area contributed by atoms with E-state index in [0.717, 1.165) is 5.56 Å². The Morgan fingerprint density at radius 1 is 0.833 bits per heavy atom. The first-order valence-corrected chi connectivity index (χ1v) is 11.0. The van der Waals surface area contributed by atoms with Crippen LogP contribution < -0.4 is 0 Å². The van der Waals surface area contributed by atoms with Crippen LogP contribution in [-0.4, -0.2) is 16.9 Å². The van der Waals surface area contributed by atoms with Crippen molar-refractivity contribution in [2.24, 2.45) is 5.92 Å². The molecule has 0 saturated heterocycles. The van der Waals surface area contributed by atoms with Crippen molar-refractivity contribution < 1.29 is 14.7 Å². The smallest absolute Gasteiger partial charge is 0.307 e. The molecular weight excluding hydrogens is 372 g/mol. The predicted octanol–water partition coefficient (Wildman–Crippen LogP) is 7.51. The van der Waals surface area contributed by atoms with E-state index in [1.54, 1.807) is 0 Å². The minimum Gasteiger partial charge on any atom is -0.481 e. The van der Waals surface area contributed by atoms with Gasteiger partial charge in [0, 0.05) is 11.8 Å². The second-order valence-corrected chi connectivity index (χ2v) is 7.45. The Hall–Kier alpha value is -2.42. The summed E-state index contributed by atoms with van der Waals surface area (Å²) in [6, 6.07) is 20.0. The molecule has 3 heteroatoms. The molecule has 0 saturated carbocycles. The first-order valence-electron chi connectivity index (χ1n) is 11.0. The fourth-order valence-corrected chi connectivity index (χ4v) is 2.85. The monoisotopic (exact) mass is 414 g/mol. The molecule has 30 heavy (non-hydrogen) atoms. The van der Waals surface area contributed by atoms with Gasteiger partial charge in [0.15, 0.2) is 0 Å². The number of rotatable bonds is 6. The third kappa shape index (κ3) is 10.9. The molecule has 1 atom stereocenters. The molecule has 0 aliphatic heterocycles. The molecule has 0 aliphatic carbocycles. The first-order chi connectivity index (χ1) is 14.2. The van der Waals surface area contributed by atoms with E-state index >= 15 is 0 Å². The van der Waals surface area contributed by atoms with Crippen LogP contribution in [0.5, 0.6) is 0 Å². The molecule has 168 valence electrons. The van der Waals surface area contributed by atoms with E-state index in [0.29, 0.717) is 5.92 Å². The van der Waals surface area contributed by atoms with Crippen LogP contribution >= 0.6 is 0 Å². The predicted molar refractivity (Wildman–Crippen MR) is 129 cm³/mol. The summed E-state index contributed by atoms with van der Waals surface area (Å²) in [4.78, 5) is 22.5. The van der Waals surface area contributed by atoms with Gasteiger partial charge in [-0.25, -0.2) is 0 Å². The van der Waals surface area contributed by atoms with Crippen molar-refractivity contribution in [1.29, 1.82) is 0 Å². The van der Waals surface area contributed by atoms with E-state index < -0.39 is 17.3 Å². The van der Waals surface area contributed by atoms with Crippen LogP contribution in [0.3, 0.4) is 0 Å². The third-order valence-corrected chi connectivity index (χ3v) is 4.64. The fourth-order valence-electron chi connectivity index (χ4n) is 2.85. The number of hydrogen-bond acceptors (Lipinski definition) is 2.